The van der Waals surface area contributed by atoms with Crippen LogP contribution in [0.2, 0.25) is 0 Å². The Morgan fingerprint density at radius 1 is 1.50 bits per heavy atom. The first-order valence-corrected chi connectivity index (χ1v) is 5.50. The van der Waals surface area contributed by atoms with Gasteiger partial charge in [-0.3, -0.25) is 0 Å². The number of aliphatic hydroxyl groups is 2. The number of aryl methyl sites for hydroxylation is 2. The third kappa shape index (κ3) is 3.38. The number of aliphatic hydroxyl groups excluding tert-OH is 2. The highest BCUT2D eigenvalue weighted by Gasteiger charge is 2.03. The molecule has 4 heteroatoms. The Labute approximate surface area is 88.4 Å². The molecule has 0 aliphatic rings. The van der Waals surface area contributed by atoms with Gasteiger partial charge in [-0.05, 0) is 25.5 Å². The second-order valence-electron chi connectivity index (χ2n) is 3.42. The van der Waals surface area contributed by atoms with Crippen LogP contribution in [0.4, 0.5) is 0 Å². The summed E-state index contributed by atoms with van der Waals surface area (Å²) in [5.41, 5.74) is 1.31. The van der Waals surface area contributed by atoms with Gasteiger partial charge in [-0.15, -0.1) is 11.3 Å². The minimum Gasteiger partial charge on any atom is -0.394 e. The van der Waals surface area contributed by atoms with Crippen LogP contribution in [0.5, 0.6) is 0 Å². The van der Waals surface area contributed by atoms with Crippen LogP contribution in [-0.2, 0) is 6.54 Å². The maximum atomic E-state index is 9.09. The minimum atomic E-state index is -0.655. The van der Waals surface area contributed by atoms with Crippen LogP contribution in [-0.4, -0.2) is 29.5 Å². The maximum absolute atomic E-state index is 9.09. The van der Waals surface area contributed by atoms with Crippen molar-refractivity contribution in [3.63, 3.8) is 0 Å². The quantitative estimate of drug-likeness (QED) is 0.681. The third-order valence-corrected chi connectivity index (χ3v) is 3.26. The van der Waals surface area contributed by atoms with Crippen molar-refractivity contribution < 1.29 is 10.2 Å². The highest BCUT2D eigenvalue weighted by Crippen LogP contribution is 2.19. The van der Waals surface area contributed by atoms with E-state index in [1.165, 1.54) is 15.3 Å². The number of hydrogen-bond acceptors (Lipinski definition) is 4. The van der Waals surface area contributed by atoms with E-state index in [1.807, 2.05) is 0 Å². The van der Waals surface area contributed by atoms with Gasteiger partial charge in [-0.2, -0.15) is 0 Å². The summed E-state index contributed by atoms with van der Waals surface area (Å²) in [6.07, 6.45) is -0.655. The van der Waals surface area contributed by atoms with Crippen LogP contribution in [0, 0.1) is 13.8 Å². The lowest BCUT2D eigenvalue weighted by molar-refractivity contribution is 0.0943. The van der Waals surface area contributed by atoms with Crippen molar-refractivity contribution in [1.29, 1.82) is 0 Å². The predicted molar refractivity (Wildman–Crippen MR) is 58.6 cm³/mol. The fraction of sp³-hybridized carbons (Fsp3) is 0.600. The topological polar surface area (TPSA) is 52.5 Å². The van der Waals surface area contributed by atoms with Crippen molar-refractivity contribution in [2.24, 2.45) is 0 Å². The van der Waals surface area contributed by atoms with E-state index >= 15 is 0 Å². The molecule has 80 valence electrons. The van der Waals surface area contributed by atoms with E-state index < -0.39 is 6.10 Å². The fourth-order valence-electron chi connectivity index (χ4n) is 1.16. The molecule has 0 saturated heterocycles. The van der Waals surface area contributed by atoms with Crippen LogP contribution in [0.1, 0.15) is 15.3 Å². The summed E-state index contributed by atoms with van der Waals surface area (Å²) in [6, 6.07) is 2.15. The molecule has 1 aromatic heterocycles. The lowest BCUT2D eigenvalue weighted by atomic mass is 10.3. The summed E-state index contributed by atoms with van der Waals surface area (Å²) < 4.78 is 0. The normalized spacial score (nSPS) is 13.1. The van der Waals surface area contributed by atoms with E-state index in [4.69, 9.17) is 10.2 Å². The molecule has 0 saturated carbocycles. The lowest BCUT2D eigenvalue weighted by Gasteiger charge is -2.07. The van der Waals surface area contributed by atoms with E-state index in [0.717, 1.165) is 6.54 Å². The Morgan fingerprint density at radius 2 is 2.21 bits per heavy atom. The Morgan fingerprint density at radius 3 is 2.71 bits per heavy atom. The second kappa shape index (κ2) is 5.46. The van der Waals surface area contributed by atoms with Crippen molar-refractivity contribution in [3.05, 3.63) is 21.4 Å². The maximum Gasteiger partial charge on any atom is 0.0895 e. The molecular weight excluding hydrogens is 198 g/mol. The first-order chi connectivity index (χ1) is 6.63. The number of hydrogen-bond donors (Lipinski definition) is 3. The zero-order chi connectivity index (χ0) is 10.6. The number of thiophene rings is 1. The zero-order valence-corrected chi connectivity index (χ0v) is 9.40. The Hall–Kier alpha value is -0.420. The molecule has 3 nitrogen and oxygen atoms in total. The first-order valence-electron chi connectivity index (χ1n) is 4.69. The summed E-state index contributed by atoms with van der Waals surface area (Å²) >= 11 is 1.77. The molecule has 0 aliphatic carbocycles. The van der Waals surface area contributed by atoms with Crippen molar-refractivity contribution >= 4 is 11.3 Å². The molecule has 1 aromatic rings. The molecule has 0 unspecified atom stereocenters. The van der Waals surface area contributed by atoms with Crippen molar-refractivity contribution in [3.8, 4) is 0 Å². The van der Waals surface area contributed by atoms with Gasteiger partial charge in [0.05, 0.1) is 12.7 Å². The summed E-state index contributed by atoms with van der Waals surface area (Å²) in [7, 11) is 0. The number of nitrogens with one attached hydrogen (secondary N) is 1. The van der Waals surface area contributed by atoms with Crippen LogP contribution >= 0.6 is 11.3 Å². The van der Waals surface area contributed by atoms with Crippen molar-refractivity contribution in [2.45, 2.75) is 26.5 Å². The molecule has 0 aliphatic heterocycles. The monoisotopic (exact) mass is 215 g/mol. The standard InChI is InChI=1S/C10H17NO2S/c1-7-3-10(14-8(7)2)5-11-4-9(13)6-12/h3,9,11-13H,4-6H2,1-2H3/t9-/m0/s1. The Kier molecular flexibility index (Phi) is 4.54. The average Bonchev–Trinajstić information content (AvgIpc) is 2.46. The van der Waals surface area contributed by atoms with E-state index in [2.05, 4.69) is 25.2 Å². The smallest absolute Gasteiger partial charge is 0.0895 e. The van der Waals surface area contributed by atoms with Crippen LogP contribution in [0.25, 0.3) is 0 Å². The van der Waals surface area contributed by atoms with Gasteiger partial charge in [0, 0.05) is 22.8 Å². The first kappa shape index (κ1) is 11.7. The van der Waals surface area contributed by atoms with Crippen molar-refractivity contribution in [2.75, 3.05) is 13.2 Å². The van der Waals surface area contributed by atoms with Gasteiger partial charge in [-0.1, -0.05) is 0 Å². The molecule has 0 amide bonds. The molecule has 0 bridgehead atoms. The van der Waals surface area contributed by atoms with Gasteiger partial charge in [0.2, 0.25) is 0 Å². The molecule has 0 radical (unpaired) electrons. The largest absolute Gasteiger partial charge is 0.394 e. The van der Waals surface area contributed by atoms with Gasteiger partial charge in [0.15, 0.2) is 0 Å². The average molecular weight is 215 g/mol. The molecule has 14 heavy (non-hydrogen) atoms. The van der Waals surface area contributed by atoms with Gasteiger partial charge >= 0.3 is 0 Å². The van der Waals surface area contributed by atoms with Gasteiger partial charge in [0.1, 0.15) is 0 Å². The summed E-state index contributed by atoms with van der Waals surface area (Å²) in [5.74, 6) is 0. The molecule has 3 N–H and O–H groups in total. The summed E-state index contributed by atoms with van der Waals surface area (Å²) in [4.78, 5) is 2.61. The van der Waals surface area contributed by atoms with Gasteiger partial charge < -0.3 is 15.5 Å². The van der Waals surface area contributed by atoms with E-state index in [0.29, 0.717) is 6.54 Å². The van der Waals surface area contributed by atoms with Crippen molar-refractivity contribution in [1.82, 2.24) is 5.32 Å². The zero-order valence-electron chi connectivity index (χ0n) is 8.58. The second-order valence-corrected chi connectivity index (χ2v) is 4.76. The van der Waals surface area contributed by atoms with Crippen LogP contribution in [0.3, 0.4) is 0 Å². The highest BCUT2D eigenvalue weighted by atomic mass is 32.1. The Bertz CT molecular complexity index is 266. The van der Waals surface area contributed by atoms with Gasteiger partial charge in [0.25, 0.3) is 0 Å². The molecule has 1 rings (SSSR count). The summed E-state index contributed by atoms with van der Waals surface area (Å²) in [6.45, 7) is 5.21. The lowest BCUT2D eigenvalue weighted by Crippen LogP contribution is -2.28. The minimum absolute atomic E-state index is 0.185. The highest BCUT2D eigenvalue weighted by molar-refractivity contribution is 7.12. The van der Waals surface area contributed by atoms with Crippen LogP contribution < -0.4 is 5.32 Å². The molecule has 0 fully saturated rings. The fourth-order valence-corrected chi connectivity index (χ4v) is 2.19. The van der Waals surface area contributed by atoms with Gasteiger partial charge in [-0.25, -0.2) is 0 Å². The Balaban J connectivity index is 2.31. The number of rotatable bonds is 5. The molecule has 0 aromatic carbocycles. The van der Waals surface area contributed by atoms with Crippen LogP contribution in [0.15, 0.2) is 6.07 Å². The third-order valence-electron chi connectivity index (χ3n) is 2.11. The molecule has 1 atom stereocenters. The SMILES string of the molecule is Cc1cc(CNC[C@H](O)CO)sc1C. The van der Waals surface area contributed by atoms with E-state index in [9.17, 15) is 0 Å². The molecule has 0 spiro atoms. The summed E-state index contributed by atoms with van der Waals surface area (Å²) in [5, 5.41) is 20.8. The van der Waals surface area contributed by atoms with E-state index in [-0.39, 0.29) is 6.61 Å². The molecular formula is C10H17NO2S. The predicted octanol–water partition coefficient (Wildman–Crippen LogP) is 0.808. The molecule has 1 heterocycles. The van der Waals surface area contributed by atoms with E-state index in [1.54, 1.807) is 11.3 Å².